The Balaban J connectivity index is 1.38. The number of anilines is 1. The molecule has 0 radical (unpaired) electrons. The van der Waals surface area contributed by atoms with Crippen LogP contribution in [0.5, 0.6) is 0 Å². The van der Waals surface area contributed by atoms with Crippen molar-refractivity contribution in [2.75, 3.05) is 32.1 Å². The fraction of sp³-hybridized carbons (Fsp3) is 0.417. The summed E-state index contributed by atoms with van der Waals surface area (Å²) in [6.45, 7) is 2.51. The number of nitrogens with zero attached hydrogens (tertiary/aromatic N) is 8. The first kappa shape index (κ1) is 24.9. The van der Waals surface area contributed by atoms with E-state index in [0.29, 0.717) is 35.4 Å². The van der Waals surface area contributed by atoms with E-state index in [9.17, 15) is 9.90 Å². The van der Waals surface area contributed by atoms with Crippen molar-refractivity contribution in [2.24, 2.45) is 0 Å². The third-order valence-electron chi connectivity index (χ3n) is 6.29. The summed E-state index contributed by atoms with van der Waals surface area (Å²) in [4.78, 5) is 22.5. The molecule has 194 valence electrons. The number of methoxy groups -OCH3 is 1. The van der Waals surface area contributed by atoms with E-state index in [4.69, 9.17) is 16.3 Å². The van der Waals surface area contributed by atoms with Gasteiger partial charge in [0.05, 0.1) is 49.1 Å². The van der Waals surface area contributed by atoms with E-state index in [0.717, 1.165) is 35.5 Å². The molecule has 2 N–H and O–H groups in total. The van der Waals surface area contributed by atoms with Crippen LogP contribution in [-0.2, 0) is 4.74 Å². The molecular weight excluding hydrogens is 498 g/mol. The predicted octanol–water partition coefficient (Wildman–Crippen LogP) is 3.29. The molecule has 1 unspecified atom stereocenters. The van der Waals surface area contributed by atoms with Gasteiger partial charge in [0.15, 0.2) is 5.65 Å². The number of rotatable bonds is 10. The van der Waals surface area contributed by atoms with E-state index < -0.39 is 6.09 Å². The quantitative estimate of drug-likeness (QED) is 0.319. The first-order chi connectivity index (χ1) is 18.0. The molecule has 1 atom stereocenters. The molecule has 5 rings (SSSR count). The van der Waals surface area contributed by atoms with E-state index in [-0.39, 0.29) is 19.2 Å². The van der Waals surface area contributed by atoms with Gasteiger partial charge in [-0.15, -0.1) is 5.10 Å². The standard InChI is InChI=1S/C24H28ClN9O3/c1-15(5-6-32(7-8-35)24(36)37-2)33-14-21(30-31-33)18-12-26-20(10-19(18)29-17-3-4-17)22-13-27-23-9-16(25)11-28-34(22)23/h9-15,17,35H,3-8H2,1-2H3,(H,26,29). The number of halogens is 1. The lowest BCUT2D eigenvalue weighted by Gasteiger charge is -2.21. The lowest BCUT2D eigenvalue weighted by molar-refractivity contribution is 0.110. The van der Waals surface area contributed by atoms with Crippen molar-refractivity contribution in [1.82, 2.24) is 39.5 Å². The summed E-state index contributed by atoms with van der Waals surface area (Å²) in [5, 5.41) is 26.4. The maximum Gasteiger partial charge on any atom is 0.409 e. The molecule has 0 spiro atoms. The maximum absolute atomic E-state index is 11.9. The van der Waals surface area contributed by atoms with Gasteiger partial charge in [0.25, 0.3) is 0 Å². The number of ether oxygens (including phenoxy) is 1. The highest BCUT2D eigenvalue weighted by Crippen LogP contribution is 2.34. The summed E-state index contributed by atoms with van der Waals surface area (Å²) >= 11 is 6.06. The number of hydrogen-bond acceptors (Lipinski definition) is 9. The Morgan fingerprint density at radius 2 is 2.08 bits per heavy atom. The number of imidazole rings is 1. The summed E-state index contributed by atoms with van der Waals surface area (Å²) in [6, 6.07) is 4.12. The van der Waals surface area contributed by atoms with E-state index in [1.165, 1.54) is 12.0 Å². The van der Waals surface area contributed by atoms with Crippen molar-refractivity contribution in [3.05, 3.63) is 41.9 Å². The van der Waals surface area contributed by atoms with Crippen LogP contribution in [-0.4, -0.2) is 83.5 Å². The molecule has 1 fully saturated rings. The number of carbonyl (C=O) groups is 1. The van der Waals surface area contributed by atoms with Gasteiger partial charge in [0, 0.05) is 42.6 Å². The Kier molecular flexibility index (Phi) is 7.19. The van der Waals surface area contributed by atoms with E-state index in [1.807, 2.05) is 19.2 Å². The smallest absolute Gasteiger partial charge is 0.409 e. The number of fused-ring (bicyclic) bond motifs is 1. The summed E-state index contributed by atoms with van der Waals surface area (Å²) in [6.07, 6.45) is 9.35. The van der Waals surface area contributed by atoms with Crippen molar-refractivity contribution >= 4 is 29.0 Å². The maximum atomic E-state index is 11.9. The van der Waals surface area contributed by atoms with Crippen LogP contribution in [0, 0.1) is 0 Å². The molecule has 37 heavy (non-hydrogen) atoms. The second kappa shape index (κ2) is 10.7. The van der Waals surface area contributed by atoms with Crippen LogP contribution >= 0.6 is 11.6 Å². The zero-order valence-corrected chi connectivity index (χ0v) is 21.3. The number of nitrogens with one attached hydrogen (secondary N) is 1. The van der Waals surface area contributed by atoms with Crippen LogP contribution in [0.15, 0.2) is 36.9 Å². The normalized spacial score (nSPS) is 14.1. The Morgan fingerprint density at radius 3 is 2.84 bits per heavy atom. The van der Waals surface area contributed by atoms with E-state index in [2.05, 4.69) is 30.7 Å². The number of carbonyl (C=O) groups excluding carboxylic acids is 1. The Labute approximate surface area is 218 Å². The molecular formula is C24H28ClN9O3. The van der Waals surface area contributed by atoms with E-state index >= 15 is 0 Å². The fourth-order valence-electron chi connectivity index (χ4n) is 4.03. The zero-order valence-electron chi connectivity index (χ0n) is 20.6. The summed E-state index contributed by atoms with van der Waals surface area (Å²) in [7, 11) is 1.33. The molecule has 4 aromatic rings. The third kappa shape index (κ3) is 5.49. The molecule has 12 nitrogen and oxygen atoms in total. The topological polar surface area (TPSA) is 136 Å². The van der Waals surface area contributed by atoms with Crippen LogP contribution < -0.4 is 5.32 Å². The number of aromatic nitrogens is 7. The van der Waals surface area contributed by atoms with Crippen LogP contribution in [0.4, 0.5) is 10.5 Å². The first-order valence-electron chi connectivity index (χ1n) is 12.1. The van der Waals surface area contributed by atoms with Gasteiger partial charge in [0.1, 0.15) is 11.4 Å². The van der Waals surface area contributed by atoms with Crippen LogP contribution in [0.1, 0.15) is 32.2 Å². The molecule has 1 aliphatic rings. The van der Waals surface area contributed by atoms with Crippen LogP contribution in [0.25, 0.3) is 28.3 Å². The van der Waals surface area contributed by atoms with Gasteiger partial charge < -0.3 is 20.1 Å². The summed E-state index contributed by atoms with van der Waals surface area (Å²) in [5.74, 6) is 0. The predicted molar refractivity (Wildman–Crippen MR) is 137 cm³/mol. The van der Waals surface area contributed by atoms with Crippen molar-refractivity contribution in [2.45, 2.75) is 38.3 Å². The van der Waals surface area contributed by atoms with Crippen LogP contribution in [0.2, 0.25) is 5.02 Å². The number of aliphatic hydroxyl groups excluding tert-OH is 1. The monoisotopic (exact) mass is 525 g/mol. The lowest BCUT2D eigenvalue weighted by atomic mass is 10.1. The van der Waals surface area contributed by atoms with Crippen molar-refractivity contribution in [3.63, 3.8) is 0 Å². The second-order valence-corrected chi connectivity index (χ2v) is 9.46. The average molecular weight is 526 g/mol. The van der Waals surface area contributed by atoms with Gasteiger partial charge in [-0.2, -0.15) is 5.10 Å². The Hall–Kier alpha value is -3.77. The molecule has 1 saturated carbocycles. The van der Waals surface area contributed by atoms with Gasteiger partial charge in [-0.05, 0) is 32.3 Å². The van der Waals surface area contributed by atoms with Crippen molar-refractivity contribution in [1.29, 1.82) is 0 Å². The van der Waals surface area contributed by atoms with Gasteiger partial charge in [-0.25, -0.2) is 19.0 Å². The van der Waals surface area contributed by atoms with Gasteiger partial charge in [0.2, 0.25) is 0 Å². The second-order valence-electron chi connectivity index (χ2n) is 9.02. The van der Waals surface area contributed by atoms with Gasteiger partial charge in [-0.1, -0.05) is 16.8 Å². The summed E-state index contributed by atoms with van der Waals surface area (Å²) < 4.78 is 8.28. The molecule has 0 aliphatic heterocycles. The highest BCUT2D eigenvalue weighted by Gasteiger charge is 2.24. The Bertz CT molecular complexity index is 1400. The van der Waals surface area contributed by atoms with Crippen molar-refractivity contribution < 1.29 is 14.6 Å². The summed E-state index contributed by atoms with van der Waals surface area (Å²) in [5.41, 5.74) is 4.57. The van der Waals surface area contributed by atoms with Gasteiger partial charge in [-0.3, -0.25) is 4.98 Å². The number of amides is 1. The van der Waals surface area contributed by atoms with Crippen LogP contribution in [0.3, 0.4) is 0 Å². The molecule has 4 aromatic heterocycles. The fourth-order valence-corrected chi connectivity index (χ4v) is 4.17. The third-order valence-corrected chi connectivity index (χ3v) is 6.50. The number of pyridine rings is 1. The number of hydrogen-bond donors (Lipinski definition) is 2. The molecule has 4 heterocycles. The minimum Gasteiger partial charge on any atom is -0.453 e. The number of aliphatic hydroxyl groups is 1. The molecule has 0 aromatic carbocycles. The molecule has 0 saturated heterocycles. The molecule has 1 aliphatic carbocycles. The zero-order chi connectivity index (χ0) is 25.9. The highest BCUT2D eigenvalue weighted by atomic mass is 35.5. The van der Waals surface area contributed by atoms with Gasteiger partial charge >= 0.3 is 6.09 Å². The molecule has 0 bridgehead atoms. The SMILES string of the molecule is COC(=O)N(CCO)CCC(C)n1cc(-c2cnc(-c3cnc4cc(Cl)cnn34)cc2NC2CC2)nn1. The minimum atomic E-state index is -0.466. The lowest BCUT2D eigenvalue weighted by Crippen LogP contribution is -2.35. The minimum absolute atomic E-state index is 0.0322. The highest BCUT2D eigenvalue weighted by molar-refractivity contribution is 6.30. The first-order valence-corrected chi connectivity index (χ1v) is 12.5. The average Bonchev–Trinajstić information content (AvgIpc) is 3.41. The largest absolute Gasteiger partial charge is 0.453 e. The molecule has 1 amide bonds. The Morgan fingerprint density at radius 1 is 1.24 bits per heavy atom. The molecule has 13 heteroatoms. The van der Waals surface area contributed by atoms with Crippen molar-refractivity contribution in [3.8, 4) is 22.6 Å². The van der Waals surface area contributed by atoms with E-state index in [1.54, 1.807) is 33.9 Å².